The maximum Gasteiger partial charge on any atom is 0.127 e. The van der Waals surface area contributed by atoms with Gasteiger partial charge in [-0.1, -0.05) is 0 Å². The molecule has 1 unspecified atom stereocenters. The van der Waals surface area contributed by atoms with Gasteiger partial charge in [0.05, 0.1) is 17.8 Å². The second kappa shape index (κ2) is 4.90. The fourth-order valence-corrected chi connectivity index (χ4v) is 2.81. The molecule has 0 aromatic carbocycles. The standard InChI is InChI=1S/C13H18N4S/c1-18-7-5-10(14)13-16-11-8-15-6-4-12(11)17(13)9-2-3-9/h4,6,8-10H,2-3,5,7,14H2,1H3. The van der Waals surface area contributed by atoms with Crippen molar-refractivity contribution in [3.05, 3.63) is 24.3 Å². The van der Waals surface area contributed by atoms with Gasteiger partial charge < -0.3 is 10.3 Å². The first kappa shape index (κ1) is 12.0. The zero-order valence-electron chi connectivity index (χ0n) is 10.5. The van der Waals surface area contributed by atoms with Crippen LogP contribution >= 0.6 is 11.8 Å². The summed E-state index contributed by atoms with van der Waals surface area (Å²) < 4.78 is 2.34. The molecular formula is C13H18N4S. The van der Waals surface area contributed by atoms with Gasteiger partial charge in [-0.3, -0.25) is 4.98 Å². The molecule has 0 bridgehead atoms. The van der Waals surface area contributed by atoms with Crippen molar-refractivity contribution in [2.45, 2.75) is 31.3 Å². The number of rotatable bonds is 5. The first-order chi connectivity index (χ1) is 8.81. The van der Waals surface area contributed by atoms with E-state index in [2.05, 4.69) is 15.8 Å². The summed E-state index contributed by atoms with van der Waals surface area (Å²) in [4.78, 5) is 8.84. The Balaban J connectivity index is 2.01. The maximum absolute atomic E-state index is 6.29. The van der Waals surface area contributed by atoms with E-state index in [0.29, 0.717) is 6.04 Å². The van der Waals surface area contributed by atoms with Crippen LogP contribution in [0.15, 0.2) is 18.5 Å². The van der Waals surface area contributed by atoms with Gasteiger partial charge in [-0.15, -0.1) is 0 Å². The Morgan fingerprint density at radius 2 is 2.39 bits per heavy atom. The SMILES string of the molecule is CSCCC(N)c1nc2cnccc2n1C1CC1. The first-order valence-electron chi connectivity index (χ1n) is 6.37. The molecule has 2 heterocycles. The molecule has 18 heavy (non-hydrogen) atoms. The molecule has 4 nitrogen and oxygen atoms in total. The molecule has 1 atom stereocenters. The van der Waals surface area contributed by atoms with Crippen LogP contribution < -0.4 is 5.73 Å². The predicted molar refractivity (Wildman–Crippen MR) is 75.7 cm³/mol. The highest BCUT2D eigenvalue weighted by molar-refractivity contribution is 7.98. The Morgan fingerprint density at radius 3 is 3.11 bits per heavy atom. The smallest absolute Gasteiger partial charge is 0.127 e. The molecule has 1 aliphatic carbocycles. The van der Waals surface area contributed by atoms with E-state index in [1.807, 2.05) is 30.2 Å². The topological polar surface area (TPSA) is 56.7 Å². The van der Waals surface area contributed by atoms with E-state index in [9.17, 15) is 0 Å². The van der Waals surface area contributed by atoms with Gasteiger partial charge in [0.25, 0.3) is 0 Å². The van der Waals surface area contributed by atoms with Crippen LogP contribution in [0.3, 0.4) is 0 Å². The summed E-state index contributed by atoms with van der Waals surface area (Å²) in [5.41, 5.74) is 8.45. The van der Waals surface area contributed by atoms with E-state index in [1.165, 1.54) is 18.4 Å². The highest BCUT2D eigenvalue weighted by atomic mass is 32.2. The lowest BCUT2D eigenvalue weighted by molar-refractivity contribution is 0.594. The molecule has 2 aromatic heterocycles. The third-order valence-corrected chi connectivity index (χ3v) is 4.04. The van der Waals surface area contributed by atoms with E-state index in [4.69, 9.17) is 10.7 Å². The maximum atomic E-state index is 6.29. The van der Waals surface area contributed by atoms with E-state index in [0.717, 1.165) is 23.5 Å². The lowest BCUT2D eigenvalue weighted by Crippen LogP contribution is -2.17. The molecule has 0 aliphatic heterocycles. The first-order valence-corrected chi connectivity index (χ1v) is 7.77. The third kappa shape index (κ3) is 2.12. The molecule has 0 saturated heterocycles. The molecular weight excluding hydrogens is 244 g/mol. The summed E-state index contributed by atoms with van der Waals surface area (Å²) in [7, 11) is 0. The zero-order chi connectivity index (χ0) is 12.5. The number of pyridine rings is 1. The molecule has 2 N–H and O–H groups in total. The number of hydrogen-bond donors (Lipinski definition) is 1. The Bertz CT molecular complexity index is 547. The van der Waals surface area contributed by atoms with Gasteiger partial charge in [0.2, 0.25) is 0 Å². The molecule has 1 aliphatic rings. The van der Waals surface area contributed by atoms with Crippen molar-refractivity contribution >= 4 is 22.8 Å². The summed E-state index contributed by atoms with van der Waals surface area (Å²) in [6.45, 7) is 0. The molecule has 3 rings (SSSR count). The van der Waals surface area contributed by atoms with Gasteiger partial charge in [-0.05, 0) is 37.3 Å². The summed E-state index contributed by atoms with van der Waals surface area (Å²) in [5.74, 6) is 2.11. The Morgan fingerprint density at radius 1 is 1.56 bits per heavy atom. The zero-order valence-corrected chi connectivity index (χ0v) is 11.4. The van der Waals surface area contributed by atoms with Crippen molar-refractivity contribution < 1.29 is 0 Å². The molecule has 2 aromatic rings. The van der Waals surface area contributed by atoms with Crippen molar-refractivity contribution in [1.82, 2.24) is 14.5 Å². The molecule has 0 radical (unpaired) electrons. The minimum Gasteiger partial charge on any atom is -0.323 e. The van der Waals surface area contributed by atoms with Crippen molar-refractivity contribution in [2.24, 2.45) is 5.73 Å². The summed E-state index contributed by atoms with van der Waals surface area (Å²) in [5, 5.41) is 0. The van der Waals surface area contributed by atoms with Crippen LogP contribution in [0, 0.1) is 0 Å². The van der Waals surface area contributed by atoms with Gasteiger partial charge in [-0.25, -0.2) is 4.98 Å². The second-order valence-electron chi connectivity index (χ2n) is 4.82. The number of nitrogens with zero attached hydrogens (tertiary/aromatic N) is 3. The summed E-state index contributed by atoms with van der Waals surface area (Å²) in [6, 6.07) is 2.68. The molecule has 1 fully saturated rings. The largest absolute Gasteiger partial charge is 0.323 e. The monoisotopic (exact) mass is 262 g/mol. The van der Waals surface area contributed by atoms with Crippen LogP contribution in [0.4, 0.5) is 0 Å². The van der Waals surface area contributed by atoms with Crippen LogP contribution in [-0.2, 0) is 0 Å². The Hall–Kier alpha value is -1.07. The van der Waals surface area contributed by atoms with Gasteiger partial charge in [0.1, 0.15) is 11.3 Å². The van der Waals surface area contributed by atoms with Crippen LogP contribution in [-0.4, -0.2) is 26.5 Å². The minimum absolute atomic E-state index is 0.0328. The predicted octanol–water partition coefficient (Wildman–Crippen LogP) is 2.52. The summed E-state index contributed by atoms with van der Waals surface area (Å²) in [6.07, 6.45) is 9.25. The fourth-order valence-electron chi connectivity index (χ4n) is 2.32. The number of fused-ring (bicyclic) bond motifs is 1. The lowest BCUT2D eigenvalue weighted by atomic mass is 10.2. The van der Waals surface area contributed by atoms with Crippen LogP contribution in [0.5, 0.6) is 0 Å². The average molecular weight is 262 g/mol. The molecule has 0 spiro atoms. The van der Waals surface area contributed by atoms with Crippen LogP contribution in [0.1, 0.15) is 37.2 Å². The number of nitrogens with two attached hydrogens (primary N) is 1. The highest BCUT2D eigenvalue weighted by Gasteiger charge is 2.29. The minimum atomic E-state index is 0.0328. The van der Waals surface area contributed by atoms with Crippen molar-refractivity contribution in [2.75, 3.05) is 12.0 Å². The summed E-state index contributed by atoms with van der Waals surface area (Å²) >= 11 is 1.83. The number of aromatic nitrogens is 3. The molecule has 96 valence electrons. The number of thioether (sulfide) groups is 1. The van der Waals surface area contributed by atoms with Gasteiger partial charge in [0, 0.05) is 12.2 Å². The average Bonchev–Trinajstić information content (AvgIpc) is 3.15. The van der Waals surface area contributed by atoms with E-state index in [-0.39, 0.29) is 6.04 Å². The van der Waals surface area contributed by atoms with E-state index >= 15 is 0 Å². The van der Waals surface area contributed by atoms with Crippen LogP contribution in [0.25, 0.3) is 11.0 Å². The van der Waals surface area contributed by atoms with Gasteiger partial charge in [0.15, 0.2) is 0 Å². The second-order valence-corrected chi connectivity index (χ2v) is 5.81. The van der Waals surface area contributed by atoms with Gasteiger partial charge in [-0.2, -0.15) is 11.8 Å². The molecule has 0 amide bonds. The molecule has 5 heteroatoms. The number of imidazole rings is 1. The fraction of sp³-hybridized carbons (Fsp3) is 0.538. The Kier molecular flexibility index (Phi) is 3.26. The van der Waals surface area contributed by atoms with Crippen molar-refractivity contribution in [3.8, 4) is 0 Å². The van der Waals surface area contributed by atoms with Crippen LogP contribution in [0.2, 0.25) is 0 Å². The van der Waals surface area contributed by atoms with E-state index in [1.54, 1.807) is 0 Å². The van der Waals surface area contributed by atoms with E-state index < -0.39 is 0 Å². The van der Waals surface area contributed by atoms with Crippen molar-refractivity contribution in [3.63, 3.8) is 0 Å². The normalized spacial score (nSPS) is 17.2. The van der Waals surface area contributed by atoms with Gasteiger partial charge >= 0.3 is 0 Å². The molecule has 1 saturated carbocycles. The quantitative estimate of drug-likeness (QED) is 0.899. The number of hydrogen-bond acceptors (Lipinski definition) is 4. The highest BCUT2D eigenvalue weighted by Crippen LogP contribution is 2.39. The third-order valence-electron chi connectivity index (χ3n) is 3.40. The van der Waals surface area contributed by atoms with Crippen molar-refractivity contribution in [1.29, 1.82) is 0 Å². The lowest BCUT2D eigenvalue weighted by Gasteiger charge is -2.13. The Labute approximate surface area is 111 Å².